The maximum Gasteiger partial charge on any atom is 0.0827 e. The summed E-state index contributed by atoms with van der Waals surface area (Å²) in [6.07, 6.45) is 5.47. The van der Waals surface area contributed by atoms with Crippen LogP contribution in [0, 0.1) is 6.92 Å². The number of benzene rings is 1. The minimum Gasteiger partial charge on any atom is -0.248 e. The highest BCUT2D eigenvalue weighted by Gasteiger charge is 2.01. The Morgan fingerprint density at radius 2 is 1.94 bits per heavy atom. The van der Waals surface area contributed by atoms with Crippen molar-refractivity contribution in [2.75, 3.05) is 0 Å². The smallest absolute Gasteiger partial charge is 0.0827 e. The molecule has 0 unspecified atom stereocenters. The second-order valence-electron chi connectivity index (χ2n) is 4.50. The van der Waals surface area contributed by atoms with Gasteiger partial charge in [0.2, 0.25) is 0 Å². The summed E-state index contributed by atoms with van der Waals surface area (Å²) in [5.41, 5.74) is 3.65. The van der Waals surface area contributed by atoms with Gasteiger partial charge in [-0.15, -0.1) is 5.10 Å². The fourth-order valence-electron chi connectivity index (χ4n) is 1.77. The van der Waals surface area contributed by atoms with E-state index in [1.165, 1.54) is 24.0 Å². The molecule has 0 radical (unpaired) electrons. The Morgan fingerprint density at radius 3 is 2.65 bits per heavy atom. The molecule has 0 aliphatic carbocycles. The molecule has 0 amide bonds. The fourth-order valence-corrected chi connectivity index (χ4v) is 1.77. The normalized spacial score (nSPS) is 10.7. The summed E-state index contributed by atoms with van der Waals surface area (Å²) in [5.74, 6) is 0. The van der Waals surface area contributed by atoms with Gasteiger partial charge in [0.1, 0.15) is 0 Å². The molecule has 90 valence electrons. The topological polar surface area (TPSA) is 30.7 Å². The third-order valence-electron chi connectivity index (χ3n) is 2.84. The predicted molar refractivity (Wildman–Crippen MR) is 68.9 cm³/mol. The van der Waals surface area contributed by atoms with Gasteiger partial charge in [0.25, 0.3) is 0 Å². The van der Waals surface area contributed by atoms with Crippen molar-refractivity contribution >= 4 is 0 Å². The van der Waals surface area contributed by atoms with Gasteiger partial charge in [-0.3, -0.25) is 0 Å². The average Bonchev–Trinajstić information content (AvgIpc) is 2.77. The van der Waals surface area contributed by atoms with Crippen molar-refractivity contribution in [1.82, 2.24) is 15.0 Å². The highest BCUT2D eigenvalue weighted by Crippen LogP contribution is 2.06. The first-order valence-electron chi connectivity index (χ1n) is 6.22. The monoisotopic (exact) mass is 229 g/mol. The maximum atomic E-state index is 4.18. The zero-order valence-corrected chi connectivity index (χ0v) is 10.6. The van der Waals surface area contributed by atoms with Gasteiger partial charge in [-0.2, -0.15) is 0 Å². The zero-order valence-electron chi connectivity index (χ0n) is 10.6. The number of aryl methyl sites for hydroxylation is 2. The molecule has 2 rings (SSSR count). The van der Waals surface area contributed by atoms with E-state index < -0.39 is 0 Å². The highest BCUT2D eigenvalue weighted by molar-refractivity contribution is 5.21. The van der Waals surface area contributed by atoms with Crippen molar-refractivity contribution in [2.24, 2.45) is 0 Å². The first-order chi connectivity index (χ1) is 8.28. The standard InChI is InChI=1S/C14H19N3/c1-3-4-5-14-11-17(16-15-14)10-13-8-6-12(2)7-9-13/h6-9,11H,3-5,10H2,1-2H3. The number of aromatic nitrogens is 3. The van der Waals surface area contributed by atoms with E-state index in [1.54, 1.807) is 0 Å². The quantitative estimate of drug-likeness (QED) is 0.789. The van der Waals surface area contributed by atoms with Crippen LogP contribution in [0.3, 0.4) is 0 Å². The molecule has 3 heteroatoms. The molecular formula is C14H19N3. The Labute approximate surface area is 102 Å². The summed E-state index contributed by atoms with van der Waals surface area (Å²) in [6, 6.07) is 8.54. The van der Waals surface area contributed by atoms with Crippen molar-refractivity contribution in [2.45, 2.75) is 39.7 Å². The van der Waals surface area contributed by atoms with Gasteiger partial charge in [-0.25, -0.2) is 4.68 Å². The van der Waals surface area contributed by atoms with Gasteiger partial charge in [0, 0.05) is 6.20 Å². The van der Waals surface area contributed by atoms with E-state index in [0.717, 1.165) is 18.7 Å². The minimum absolute atomic E-state index is 0.805. The lowest BCUT2D eigenvalue weighted by Crippen LogP contribution is -2.00. The van der Waals surface area contributed by atoms with E-state index in [1.807, 2.05) is 4.68 Å². The summed E-state index contributed by atoms with van der Waals surface area (Å²) in [6.45, 7) is 5.10. The molecule has 0 atom stereocenters. The van der Waals surface area contributed by atoms with Gasteiger partial charge in [-0.1, -0.05) is 48.4 Å². The van der Waals surface area contributed by atoms with Crippen LogP contribution in [-0.4, -0.2) is 15.0 Å². The molecule has 17 heavy (non-hydrogen) atoms. The highest BCUT2D eigenvalue weighted by atomic mass is 15.4. The molecule has 1 aromatic carbocycles. The van der Waals surface area contributed by atoms with Gasteiger partial charge in [0.05, 0.1) is 12.2 Å². The molecule has 0 saturated heterocycles. The SMILES string of the molecule is CCCCc1cn(Cc2ccc(C)cc2)nn1. The molecule has 0 N–H and O–H groups in total. The van der Waals surface area contributed by atoms with Crippen LogP contribution in [0.1, 0.15) is 36.6 Å². The molecule has 1 aromatic heterocycles. The van der Waals surface area contributed by atoms with Crippen LogP contribution in [-0.2, 0) is 13.0 Å². The van der Waals surface area contributed by atoms with E-state index in [9.17, 15) is 0 Å². The fraction of sp³-hybridized carbons (Fsp3) is 0.429. The van der Waals surface area contributed by atoms with Crippen LogP contribution in [0.5, 0.6) is 0 Å². The van der Waals surface area contributed by atoms with E-state index in [-0.39, 0.29) is 0 Å². The van der Waals surface area contributed by atoms with Gasteiger partial charge in [-0.05, 0) is 25.3 Å². The minimum atomic E-state index is 0.805. The lowest BCUT2D eigenvalue weighted by Gasteiger charge is -2.01. The number of rotatable bonds is 5. The molecule has 0 aliphatic heterocycles. The van der Waals surface area contributed by atoms with E-state index in [2.05, 4.69) is 54.6 Å². The molecule has 3 nitrogen and oxygen atoms in total. The van der Waals surface area contributed by atoms with Crippen LogP contribution in [0.4, 0.5) is 0 Å². The van der Waals surface area contributed by atoms with Crippen LogP contribution < -0.4 is 0 Å². The predicted octanol–water partition coefficient (Wildman–Crippen LogP) is 2.98. The Hall–Kier alpha value is -1.64. The summed E-state index contributed by atoms with van der Waals surface area (Å²) in [4.78, 5) is 0. The number of hydrogen-bond donors (Lipinski definition) is 0. The van der Waals surface area contributed by atoms with E-state index in [4.69, 9.17) is 0 Å². The Morgan fingerprint density at radius 1 is 1.18 bits per heavy atom. The molecule has 0 saturated carbocycles. The summed E-state index contributed by atoms with van der Waals surface area (Å²) < 4.78 is 1.91. The molecular weight excluding hydrogens is 210 g/mol. The molecule has 0 bridgehead atoms. The second kappa shape index (κ2) is 5.62. The average molecular weight is 229 g/mol. The van der Waals surface area contributed by atoms with Crippen molar-refractivity contribution in [3.8, 4) is 0 Å². The molecule has 0 spiro atoms. The first-order valence-corrected chi connectivity index (χ1v) is 6.22. The van der Waals surface area contributed by atoms with Crippen molar-refractivity contribution in [3.05, 3.63) is 47.3 Å². The Balaban J connectivity index is 1.98. The molecule has 2 aromatic rings. The maximum absolute atomic E-state index is 4.18. The van der Waals surface area contributed by atoms with Crippen molar-refractivity contribution in [3.63, 3.8) is 0 Å². The Bertz CT molecular complexity index is 457. The van der Waals surface area contributed by atoms with Crippen LogP contribution >= 0.6 is 0 Å². The number of hydrogen-bond acceptors (Lipinski definition) is 2. The number of nitrogens with zero attached hydrogens (tertiary/aromatic N) is 3. The number of unbranched alkanes of at least 4 members (excludes halogenated alkanes) is 1. The molecule has 0 aliphatic rings. The van der Waals surface area contributed by atoms with Crippen molar-refractivity contribution < 1.29 is 0 Å². The summed E-state index contributed by atoms with van der Waals surface area (Å²) in [5, 5.41) is 8.33. The van der Waals surface area contributed by atoms with Gasteiger partial charge in [0.15, 0.2) is 0 Å². The zero-order chi connectivity index (χ0) is 12.1. The third-order valence-corrected chi connectivity index (χ3v) is 2.84. The van der Waals surface area contributed by atoms with E-state index in [0.29, 0.717) is 0 Å². The van der Waals surface area contributed by atoms with Crippen LogP contribution in [0.15, 0.2) is 30.5 Å². The lowest BCUT2D eigenvalue weighted by atomic mass is 10.1. The van der Waals surface area contributed by atoms with Gasteiger partial charge >= 0.3 is 0 Å². The Kier molecular flexibility index (Phi) is 3.91. The van der Waals surface area contributed by atoms with E-state index >= 15 is 0 Å². The summed E-state index contributed by atoms with van der Waals surface area (Å²) in [7, 11) is 0. The lowest BCUT2D eigenvalue weighted by molar-refractivity contribution is 0.648. The molecule has 0 fully saturated rings. The second-order valence-corrected chi connectivity index (χ2v) is 4.50. The largest absolute Gasteiger partial charge is 0.248 e. The van der Waals surface area contributed by atoms with Crippen LogP contribution in [0.25, 0.3) is 0 Å². The van der Waals surface area contributed by atoms with Gasteiger partial charge < -0.3 is 0 Å². The van der Waals surface area contributed by atoms with Crippen LogP contribution in [0.2, 0.25) is 0 Å². The summed E-state index contributed by atoms with van der Waals surface area (Å²) >= 11 is 0. The first kappa shape index (κ1) is 11.8. The third kappa shape index (κ3) is 3.41. The molecule has 1 heterocycles. The van der Waals surface area contributed by atoms with Crippen molar-refractivity contribution in [1.29, 1.82) is 0 Å².